The summed E-state index contributed by atoms with van der Waals surface area (Å²) in [6.07, 6.45) is -0.243. The molecule has 1 aromatic heterocycles. The number of carbonyl (C=O) groups is 2. The van der Waals surface area contributed by atoms with Gasteiger partial charge in [-0.3, -0.25) is 19.7 Å². The Bertz CT molecular complexity index is 1290. The van der Waals surface area contributed by atoms with Gasteiger partial charge in [0, 0.05) is 36.9 Å². The second kappa shape index (κ2) is 10.6. The van der Waals surface area contributed by atoms with Crippen molar-refractivity contribution >= 4 is 33.3 Å². The number of hydrogen-bond acceptors (Lipinski definition) is 10. The van der Waals surface area contributed by atoms with Crippen LogP contribution in [0.15, 0.2) is 57.8 Å². The molecule has 1 heterocycles. The van der Waals surface area contributed by atoms with Crippen LogP contribution in [0.4, 0.5) is 11.4 Å². The Labute approximate surface area is 193 Å². The lowest BCUT2D eigenvalue weighted by Gasteiger charge is -2.08. The number of ether oxygens (including phenoxy) is 1. The van der Waals surface area contributed by atoms with Crippen LogP contribution in [0.2, 0.25) is 0 Å². The van der Waals surface area contributed by atoms with E-state index in [-0.39, 0.29) is 47.8 Å². The summed E-state index contributed by atoms with van der Waals surface area (Å²) < 4.78 is 37.3. The van der Waals surface area contributed by atoms with E-state index in [0.29, 0.717) is 11.3 Å². The molecule has 0 bridgehead atoms. The first-order chi connectivity index (χ1) is 16.1. The number of nitro benzene ring substituents is 1. The number of amides is 1. The predicted molar refractivity (Wildman–Crippen MR) is 117 cm³/mol. The molecule has 14 heteroatoms. The van der Waals surface area contributed by atoms with Gasteiger partial charge in [-0.25, -0.2) is 13.1 Å². The molecule has 1 amide bonds. The standard InChI is InChI=1S/C20H19N5O8S/c1-13(26)22-15-4-8-17(9-5-15)34(30,31)21-11-10-19(27)32-12-18-23-24-20(33-18)14-2-6-16(7-3-14)25(28)29/h2-9,21H,10-12H2,1H3,(H,22,26). The van der Waals surface area contributed by atoms with Crippen molar-refractivity contribution in [2.75, 3.05) is 11.9 Å². The number of anilines is 1. The molecule has 0 radical (unpaired) electrons. The van der Waals surface area contributed by atoms with Gasteiger partial charge in [-0.1, -0.05) is 0 Å². The van der Waals surface area contributed by atoms with Crippen LogP contribution in [-0.4, -0.2) is 42.0 Å². The van der Waals surface area contributed by atoms with Crippen molar-refractivity contribution in [2.45, 2.75) is 24.8 Å². The molecule has 0 unspecified atom stereocenters. The van der Waals surface area contributed by atoms with Gasteiger partial charge in [-0.2, -0.15) is 0 Å². The van der Waals surface area contributed by atoms with Gasteiger partial charge in [0.1, 0.15) is 0 Å². The summed E-state index contributed by atoms with van der Waals surface area (Å²) in [4.78, 5) is 33.1. The van der Waals surface area contributed by atoms with Crippen molar-refractivity contribution in [1.29, 1.82) is 0 Å². The van der Waals surface area contributed by atoms with E-state index in [2.05, 4.69) is 20.2 Å². The van der Waals surface area contributed by atoms with Crippen LogP contribution in [0.1, 0.15) is 19.2 Å². The third-order valence-corrected chi connectivity index (χ3v) is 5.73. The summed E-state index contributed by atoms with van der Waals surface area (Å²) in [7, 11) is -3.86. The van der Waals surface area contributed by atoms with Crippen LogP contribution in [0, 0.1) is 10.1 Å². The van der Waals surface area contributed by atoms with E-state index in [1.165, 1.54) is 55.5 Å². The molecule has 0 saturated heterocycles. The SMILES string of the molecule is CC(=O)Nc1ccc(S(=O)(=O)NCCC(=O)OCc2nnc(-c3ccc([N+](=O)[O-])cc3)o2)cc1. The Morgan fingerprint density at radius 1 is 1.09 bits per heavy atom. The van der Waals surface area contributed by atoms with Gasteiger partial charge in [-0.15, -0.1) is 10.2 Å². The Balaban J connectivity index is 1.45. The lowest BCUT2D eigenvalue weighted by atomic mass is 10.2. The predicted octanol–water partition coefficient (Wildman–Crippen LogP) is 2.01. The summed E-state index contributed by atoms with van der Waals surface area (Å²) in [6.45, 7) is 0.810. The number of hydrogen-bond donors (Lipinski definition) is 2. The average Bonchev–Trinajstić information content (AvgIpc) is 3.27. The number of benzene rings is 2. The van der Waals surface area contributed by atoms with Crippen molar-refractivity contribution in [2.24, 2.45) is 0 Å². The van der Waals surface area contributed by atoms with Crippen LogP contribution >= 0.6 is 0 Å². The monoisotopic (exact) mass is 489 g/mol. The largest absolute Gasteiger partial charge is 0.456 e. The van der Waals surface area contributed by atoms with Crippen molar-refractivity contribution < 1.29 is 32.1 Å². The smallest absolute Gasteiger partial charge is 0.307 e. The fraction of sp³-hybridized carbons (Fsp3) is 0.200. The molecule has 0 spiro atoms. The highest BCUT2D eigenvalue weighted by Gasteiger charge is 2.16. The van der Waals surface area contributed by atoms with Gasteiger partial charge in [0.15, 0.2) is 6.61 Å². The first-order valence-corrected chi connectivity index (χ1v) is 11.2. The topological polar surface area (TPSA) is 184 Å². The van der Waals surface area contributed by atoms with E-state index in [1.807, 2.05) is 0 Å². The maximum atomic E-state index is 12.3. The third-order valence-electron chi connectivity index (χ3n) is 4.25. The number of aromatic nitrogens is 2. The first kappa shape index (κ1) is 24.5. The second-order valence-electron chi connectivity index (χ2n) is 6.82. The maximum Gasteiger partial charge on any atom is 0.307 e. The molecule has 0 atom stereocenters. The molecule has 2 aromatic carbocycles. The Hall–Kier alpha value is -4.17. The number of sulfonamides is 1. The summed E-state index contributed by atoms with van der Waals surface area (Å²) in [5.41, 5.74) is 0.818. The molecule has 0 aliphatic rings. The molecule has 0 saturated carbocycles. The highest BCUT2D eigenvalue weighted by atomic mass is 32.2. The number of rotatable bonds is 10. The summed E-state index contributed by atoms with van der Waals surface area (Å²) in [5.74, 6) is -0.881. The minimum atomic E-state index is -3.86. The molecular formula is C20H19N5O8S. The number of nitrogens with one attached hydrogen (secondary N) is 2. The lowest BCUT2D eigenvalue weighted by Crippen LogP contribution is -2.26. The molecular weight excluding hydrogens is 470 g/mol. The second-order valence-corrected chi connectivity index (χ2v) is 8.59. The normalized spacial score (nSPS) is 11.1. The highest BCUT2D eigenvalue weighted by molar-refractivity contribution is 7.89. The lowest BCUT2D eigenvalue weighted by molar-refractivity contribution is -0.384. The molecule has 0 fully saturated rings. The van der Waals surface area contributed by atoms with Gasteiger partial charge in [0.05, 0.1) is 16.2 Å². The molecule has 3 aromatic rings. The zero-order valence-electron chi connectivity index (χ0n) is 17.8. The van der Waals surface area contributed by atoms with Gasteiger partial charge >= 0.3 is 5.97 Å². The van der Waals surface area contributed by atoms with E-state index in [1.54, 1.807) is 0 Å². The molecule has 0 aliphatic heterocycles. The van der Waals surface area contributed by atoms with Crippen LogP contribution < -0.4 is 10.0 Å². The van der Waals surface area contributed by atoms with Crippen LogP contribution in [0.5, 0.6) is 0 Å². The van der Waals surface area contributed by atoms with Crippen LogP contribution in [-0.2, 0) is 31.0 Å². The zero-order chi connectivity index (χ0) is 24.7. The van der Waals surface area contributed by atoms with Crippen molar-refractivity contribution in [3.8, 4) is 11.5 Å². The first-order valence-electron chi connectivity index (χ1n) is 9.74. The van der Waals surface area contributed by atoms with Crippen molar-refractivity contribution in [3.63, 3.8) is 0 Å². The molecule has 13 nitrogen and oxygen atoms in total. The Kier molecular flexibility index (Phi) is 7.65. The summed E-state index contributed by atoms with van der Waals surface area (Å²) >= 11 is 0. The number of nitrogens with zero attached hydrogens (tertiary/aromatic N) is 3. The number of esters is 1. The minimum Gasteiger partial charge on any atom is -0.456 e. The average molecular weight is 489 g/mol. The molecule has 2 N–H and O–H groups in total. The van der Waals surface area contributed by atoms with Crippen molar-refractivity contribution in [3.05, 3.63) is 64.5 Å². The van der Waals surface area contributed by atoms with E-state index in [4.69, 9.17) is 9.15 Å². The molecule has 3 rings (SSSR count). The fourth-order valence-electron chi connectivity index (χ4n) is 2.66. The summed E-state index contributed by atoms with van der Waals surface area (Å²) in [5, 5.41) is 20.8. The van der Waals surface area contributed by atoms with Gasteiger partial charge < -0.3 is 14.5 Å². The molecule has 178 valence electrons. The number of non-ortho nitro benzene ring substituents is 1. The van der Waals surface area contributed by atoms with Crippen molar-refractivity contribution in [1.82, 2.24) is 14.9 Å². The van der Waals surface area contributed by atoms with E-state index < -0.39 is 20.9 Å². The minimum absolute atomic E-state index is 0.00143. The number of nitro groups is 1. The summed E-state index contributed by atoms with van der Waals surface area (Å²) in [6, 6.07) is 11.0. The fourth-order valence-corrected chi connectivity index (χ4v) is 3.69. The number of carbonyl (C=O) groups excluding carboxylic acids is 2. The molecule has 0 aliphatic carbocycles. The Morgan fingerprint density at radius 2 is 1.76 bits per heavy atom. The van der Waals surface area contributed by atoms with E-state index >= 15 is 0 Å². The van der Waals surface area contributed by atoms with E-state index in [0.717, 1.165) is 0 Å². The molecule has 34 heavy (non-hydrogen) atoms. The van der Waals surface area contributed by atoms with Gasteiger partial charge in [0.2, 0.25) is 21.8 Å². The maximum absolute atomic E-state index is 12.3. The highest BCUT2D eigenvalue weighted by Crippen LogP contribution is 2.21. The zero-order valence-corrected chi connectivity index (χ0v) is 18.6. The van der Waals surface area contributed by atoms with E-state index in [9.17, 15) is 28.1 Å². The third kappa shape index (κ3) is 6.66. The van der Waals surface area contributed by atoms with Gasteiger partial charge in [0.25, 0.3) is 11.6 Å². The van der Waals surface area contributed by atoms with Gasteiger partial charge in [-0.05, 0) is 36.4 Å². The van der Waals surface area contributed by atoms with Crippen LogP contribution in [0.3, 0.4) is 0 Å². The van der Waals surface area contributed by atoms with Crippen LogP contribution in [0.25, 0.3) is 11.5 Å². The quantitative estimate of drug-likeness (QED) is 0.242. The Morgan fingerprint density at radius 3 is 2.38 bits per heavy atom.